The third-order valence-electron chi connectivity index (χ3n) is 1.91. The topological polar surface area (TPSA) is 29.3 Å². The Morgan fingerprint density at radius 1 is 1.40 bits per heavy atom. The lowest BCUT2D eigenvalue weighted by Crippen LogP contribution is -2.33. The summed E-state index contributed by atoms with van der Waals surface area (Å²) in [4.78, 5) is 2.32. The fraction of sp³-hybridized carbons (Fsp3) is 1.00. The molecule has 2 heteroatoms. The fourth-order valence-electron chi connectivity index (χ4n) is 1.37. The highest BCUT2D eigenvalue weighted by Gasteiger charge is 2.10. The van der Waals surface area contributed by atoms with E-state index >= 15 is 0 Å². The minimum atomic E-state index is 0. The molecule has 1 atom stereocenters. The van der Waals surface area contributed by atoms with Crippen molar-refractivity contribution in [3.05, 3.63) is 0 Å². The summed E-state index contributed by atoms with van der Waals surface area (Å²) in [6.45, 7) is 2.31. The first-order valence-corrected chi connectivity index (χ1v) is 3.73. The van der Waals surface area contributed by atoms with E-state index in [-0.39, 0.29) is 7.43 Å². The predicted molar refractivity (Wildman–Crippen MR) is 46.1 cm³/mol. The Bertz CT molecular complexity index is 73.3. The molecule has 1 aliphatic rings. The van der Waals surface area contributed by atoms with Crippen LogP contribution >= 0.6 is 0 Å². The van der Waals surface area contributed by atoms with Crippen molar-refractivity contribution >= 4 is 0 Å². The first-order chi connectivity index (χ1) is 4.29. The van der Waals surface area contributed by atoms with E-state index in [1.54, 1.807) is 0 Å². The second kappa shape index (κ2) is 4.69. The van der Waals surface area contributed by atoms with Crippen LogP contribution in [0.3, 0.4) is 0 Å². The van der Waals surface area contributed by atoms with Crippen LogP contribution in [-0.4, -0.2) is 31.1 Å². The van der Waals surface area contributed by atoms with Gasteiger partial charge in [-0.2, -0.15) is 0 Å². The molecule has 2 nitrogen and oxygen atoms in total. The van der Waals surface area contributed by atoms with Gasteiger partial charge in [-0.3, -0.25) is 0 Å². The fourth-order valence-corrected chi connectivity index (χ4v) is 1.37. The van der Waals surface area contributed by atoms with Crippen molar-refractivity contribution < 1.29 is 0 Å². The SMILES string of the molecule is C.CN1CCCCC(N)C1. The summed E-state index contributed by atoms with van der Waals surface area (Å²) in [7, 11) is 2.14. The maximum Gasteiger partial charge on any atom is 0.0167 e. The molecule has 0 amide bonds. The molecule has 0 radical (unpaired) electrons. The van der Waals surface area contributed by atoms with Gasteiger partial charge in [0, 0.05) is 12.6 Å². The Morgan fingerprint density at radius 2 is 2.10 bits per heavy atom. The number of likely N-dealkylation sites (tertiary alicyclic amines) is 1. The zero-order valence-electron chi connectivity index (χ0n) is 6.14. The van der Waals surface area contributed by atoms with Gasteiger partial charge in [-0.15, -0.1) is 0 Å². The van der Waals surface area contributed by atoms with E-state index in [4.69, 9.17) is 5.73 Å². The quantitative estimate of drug-likeness (QED) is 0.551. The summed E-state index contributed by atoms with van der Waals surface area (Å²) in [6, 6.07) is 0.428. The standard InChI is InChI=1S/C7H16N2.CH4/c1-9-5-3-2-4-7(8)6-9;/h7H,2-6,8H2,1H3;1H4. The lowest BCUT2D eigenvalue weighted by Gasteiger charge is -2.15. The van der Waals surface area contributed by atoms with Gasteiger partial charge in [-0.1, -0.05) is 13.8 Å². The normalized spacial score (nSPS) is 28.8. The third kappa shape index (κ3) is 3.18. The Morgan fingerprint density at radius 3 is 2.80 bits per heavy atom. The monoisotopic (exact) mass is 144 g/mol. The van der Waals surface area contributed by atoms with Gasteiger partial charge in [0.15, 0.2) is 0 Å². The molecule has 1 heterocycles. The number of nitrogens with zero attached hydrogens (tertiary/aromatic N) is 1. The lowest BCUT2D eigenvalue weighted by atomic mass is 10.2. The second-order valence-electron chi connectivity index (χ2n) is 3.02. The smallest absolute Gasteiger partial charge is 0.0167 e. The first-order valence-electron chi connectivity index (χ1n) is 3.73. The molecule has 0 saturated carbocycles. The largest absolute Gasteiger partial charge is 0.327 e. The summed E-state index contributed by atoms with van der Waals surface area (Å²) < 4.78 is 0. The van der Waals surface area contributed by atoms with E-state index < -0.39 is 0 Å². The van der Waals surface area contributed by atoms with Crippen molar-refractivity contribution in [3.8, 4) is 0 Å². The molecule has 1 rings (SSSR count). The van der Waals surface area contributed by atoms with Crippen molar-refractivity contribution in [2.24, 2.45) is 5.73 Å². The molecule has 0 aromatic carbocycles. The van der Waals surface area contributed by atoms with Crippen molar-refractivity contribution in [2.75, 3.05) is 20.1 Å². The molecule has 0 spiro atoms. The zero-order valence-corrected chi connectivity index (χ0v) is 6.14. The van der Waals surface area contributed by atoms with E-state index in [9.17, 15) is 0 Å². The van der Waals surface area contributed by atoms with Crippen LogP contribution in [-0.2, 0) is 0 Å². The minimum Gasteiger partial charge on any atom is -0.327 e. The van der Waals surface area contributed by atoms with E-state index in [0.29, 0.717) is 6.04 Å². The highest BCUT2D eigenvalue weighted by molar-refractivity contribution is 4.69. The summed E-state index contributed by atoms with van der Waals surface area (Å²) in [5, 5.41) is 0. The van der Waals surface area contributed by atoms with Crippen LogP contribution in [0.25, 0.3) is 0 Å². The summed E-state index contributed by atoms with van der Waals surface area (Å²) in [5.41, 5.74) is 5.78. The van der Waals surface area contributed by atoms with Gasteiger partial charge in [0.1, 0.15) is 0 Å². The van der Waals surface area contributed by atoms with Gasteiger partial charge >= 0.3 is 0 Å². The molecule has 2 N–H and O–H groups in total. The van der Waals surface area contributed by atoms with Crippen molar-refractivity contribution in [1.82, 2.24) is 4.90 Å². The maximum absolute atomic E-state index is 5.78. The van der Waals surface area contributed by atoms with E-state index in [1.807, 2.05) is 0 Å². The lowest BCUT2D eigenvalue weighted by molar-refractivity contribution is 0.333. The van der Waals surface area contributed by atoms with E-state index in [1.165, 1.54) is 25.8 Å². The molecule has 10 heavy (non-hydrogen) atoms. The summed E-state index contributed by atoms with van der Waals surface area (Å²) >= 11 is 0. The molecule has 0 aromatic rings. The molecule has 0 aromatic heterocycles. The minimum absolute atomic E-state index is 0. The maximum atomic E-state index is 5.78. The first kappa shape index (κ1) is 9.92. The Hall–Kier alpha value is -0.0800. The summed E-state index contributed by atoms with van der Waals surface area (Å²) in [5.74, 6) is 0. The highest BCUT2D eigenvalue weighted by Crippen LogP contribution is 2.06. The third-order valence-corrected chi connectivity index (χ3v) is 1.91. The molecule has 1 fully saturated rings. The Kier molecular flexibility index (Phi) is 4.65. The predicted octanol–water partition coefficient (Wildman–Crippen LogP) is 1.07. The molecular weight excluding hydrogens is 124 g/mol. The molecule has 62 valence electrons. The van der Waals surface area contributed by atoms with Gasteiger partial charge in [0.05, 0.1) is 0 Å². The molecule has 0 aliphatic carbocycles. The van der Waals surface area contributed by atoms with Crippen LogP contribution in [0, 0.1) is 0 Å². The van der Waals surface area contributed by atoms with Gasteiger partial charge in [-0.25, -0.2) is 0 Å². The Balaban J connectivity index is 0.000000810. The number of rotatable bonds is 0. The summed E-state index contributed by atoms with van der Waals surface area (Å²) in [6.07, 6.45) is 3.85. The molecule has 1 saturated heterocycles. The molecule has 1 unspecified atom stereocenters. The van der Waals surface area contributed by atoms with Crippen LogP contribution in [0.15, 0.2) is 0 Å². The van der Waals surface area contributed by atoms with Gasteiger partial charge in [-0.05, 0) is 26.4 Å². The van der Waals surface area contributed by atoms with Gasteiger partial charge in [0.25, 0.3) is 0 Å². The van der Waals surface area contributed by atoms with E-state index in [2.05, 4.69) is 11.9 Å². The Labute approximate surface area is 64.4 Å². The number of likely N-dealkylation sites (N-methyl/N-ethyl adjacent to an activating group) is 1. The van der Waals surface area contributed by atoms with Gasteiger partial charge < -0.3 is 10.6 Å². The van der Waals surface area contributed by atoms with Crippen molar-refractivity contribution in [1.29, 1.82) is 0 Å². The second-order valence-corrected chi connectivity index (χ2v) is 3.02. The zero-order chi connectivity index (χ0) is 6.69. The van der Waals surface area contributed by atoms with E-state index in [0.717, 1.165) is 6.54 Å². The van der Waals surface area contributed by atoms with Crippen LogP contribution in [0.4, 0.5) is 0 Å². The van der Waals surface area contributed by atoms with Gasteiger partial charge in [0.2, 0.25) is 0 Å². The van der Waals surface area contributed by atoms with Crippen LogP contribution < -0.4 is 5.73 Å². The number of hydrogen-bond donors (Lipinski definition) is 1. The highest BCUT2D eigenvalue weighted by atomic mass is 15.1. The average molecular weight is 144 g/mol. The number of hydrogen-bond acceptors (Lipinski definition) is 2. The average Bonchev–Trinajstić information content (AvgIpc) is 1.93. The molecular formula is C8H20N2. The van der Waals surface area contributed by atoms with Crippen LogP contribution in [0.2, 0.25) is 0 Å². The molecule has 1 aliphatic heterocycles. The van der Waals surface area contributed by atoms with Crippen LogP contribution in [0.1, 0.15) is 26.7 Å². The number of nitrogens with two attached hydrogens (primary N) is 1. The van der Waals surface area contributed by atoms with Crippen LogP contribution in [0.5, 0.6) is 0 Å². The van der Waals surface area contributed by atoms with Crippen molar-refractivity contribution in [2.45, 2.75) is 32.7 Å². The van der Waals surface area contributed by atoms with Crippen molar-refractivity contribution in [3.63, 3.8) is 0 Å². The molecule has 0 bridgehead atoms.